The van der Waals surface area contributed by atoms with E-state index in [9.17, 15) is 5.11 Å². The molecule has 90 valence electrons. The van der Waals surface area contributed by atoms with Crippen LogP contribution in [0.1, 0.15) is 25.7 Å². The predicted octanol–water partition coefficient (Wildman–Crippen LogP) is 0.197. The number of nitrogens with two attached hydrogens (primary N) is 1. The molecule has 1 unspecified atom stereocenters. The zero-order valence-electron chi connectivity index (χ0n) is 9.69. The van der Waals surface area contributed by atoms with Crippen molar-refractivity contribution < 1.29 is 9.84 Å². The summed E-state index contributed by atoms with van der Waals surface area (Å²) in [4.78, 5) is 2.42. The Bertz CT molecular complexity index is 159. The Kier molecular flexibility index (Phi) is 6.17. The molecule has 1 fully saturated rings. The van der Waals surface area contributed by atoms with Crippen molar-refractivity contribution in [2.45, 2.75) is 37.8 Å². The molecular formula is C11H24N2O2. The van der Waals surface area contributed by atoms with Gasteiger partial charge in [-0.3, -0.25) is 4.90 Å². The van der Waals surface area contributed by atoms with Crippen molar-refractivity contribution in [3.8, 4) is 0 Å². The summed E-state index contributed by atoms with van der Waals surface area (Å²) in [5, 5.41) is 9.44. The van der Waals surface area contributed by atoms with E-state index in [0.29, 0.717) is 6.04 Å². The average Bonchev–Trinajstić information content (AvgIpc) is 2.25. The largest absolute Gasteiger partial charge is 0.393 e. The van der Waals surface area contributed by atoms with Crippen molar-refractivity contribution in [1.82, 2.24) is 4.90 Å². The monoisotopic (exact) mass is 216 g/mol. The number of aliphatic hydroxyl groups excluding tert-OH is 1. The maximum atomic E-state index is 9.44. The van der Waals surface area contributed by atoms with Gasteiger partial charge in [-0.2, -0.15) is 0 Å². The molecular weight excluding hydrogens is 192 g/mol. The topological polar surface area (TPSA) is 58.7 Å². The number of piperidine rings is 1. The summed E-state index contributed by atoms with van der Waals surface area (Å²) < 4.78 is 5.24. The normalized spacial score (nSPS) is 21.8. The summed E-state index contributed by atoms with van der Waals surface area (Å²) >= 11 is 0. The Morgan fingerprint density at radius 1 is 1.47 bits per heavy atom. The highest BCUT2D eigenvalue weighted by atomic mass is 16.5. The summed E-state index contributed by atoms with van der Waals surface area (Å²) in [6.07, 6.45) is 3.83. The van der Waals surface area contributed by atoms with Gasteiger partial charge in [-0.05, 0) is 32.2 Å². The number of hydrogen-bond acceptors (Lipinski definition) is 4. The maximum Gasteiger partial charge on any atom is 0.0618 e. The smallest absolute Gasteiger partial charge is 0.0618 e. The molecule has 4 heteroatoms. The molecule has 0 radical (unpaired) electrons. The van der Waals surface area contributed by atoms with Gasteiger partial charge in [-0.15, -0.1) is 0 Å². The van der Waals surface area contributed by atoms with Crippen molar-refractivity contribution in [1.29, 1.82) is 0 Å². The predicted molar refractivity (Wildman–Crippen MR) is 60.8 cm³/mol. The third-order valence-electron chi connectivity index (χ3n) is 3.12. The molecule has 0 aromatic heterocycles. The number of rotatable bonds is 6. The van der Waals surface area contributed by atoms with Crippen LogP contribution in [0.15, 0.2) is 0 Å². The Morgan fingerprint density at radius 3 is 2.67 bits per heavy atom. The molecule has 0 saturated carbocycles. The van der Waals surface area contributed by atoms with E-state index in [4.69, 9.17) is 10.5 Å². The number of methoxy groups -OCH3 is 1. The average molecular weight is 216 g/mol. The molecule has 1 atom stereocenters. The van der Waals surface area contributed by atoms with E-state index in [1.807, 2.05) is 0 Å². The van der Waals surface area contributed by atoms with Gasteiger partial charge < -0.3 is 15.6 Å². The molecule has 0 aromatic carbocycles. The summed E-state index contributed by atoms with van der Waals surface area (Å²) in [7, 11) is 1.74. The third kappa shape index (κ3) is 4.47. The number of likely N-dealkylation sites (tertiary alicyclic amines) is 1. The lowest BCUT2D eigenvalue weighted by molar-refractivity contribution is 0.0289. The summed E-state index contributed by atoms with van der Waals surface area (Å²) in [6, 6.07) is 0.478. The van der Waals surface area contributed by atoms with Crippen LogP contribution < -0.4 is 5.73 Å². The number of ether oxygens (including phenoxy) is 1. The van der Waals surface area contributed by atoms with Crippen LogP contribution >= 0.6 is 0 Å². The van der Waals surface area contributed by atoms with Gasteiger partial charge in [-0.25, -0.2) is 0 Å². The maximum absolute atomic E-state index is 9.44. The van der Waals surface area contributed by atoms with Crippen LogP contribution in [0.2, 0.25) is 0 Å². The van der Waals surface area contributed by atoms with Gasteiger partial charge in [0.25, 0.3) is 0 Å². The quantitative estimate of drug-likeness (QED) is 0.666. The highest BCUT2D eigenvalue weighted by Gasteiger charge is 2.23. The minimum atomic E-state index is -0.0982. The highest BCUT2D eigenvalue weighted by Crippen LogP contribution is 2.16. The van der Waals surface area contributed by atoms with E-state index in [1.54, 1.807) is 7.11 Å². The van der Waals surface area contributed by atoms with E-state index < -0.39 is 0 Å². The highest BCUT2D eigenvalue weighted by molar-refractivity contribution is 4.78. The van der Waals surface area contributed by atoms with Crippen LogP contribution in [0.4, 0.5) is 0 Å². The lowest BCUT2D eigenvalue weighted by atomic mass is 10.0. The molecule has 0 bridgehead atoms. The Labute approximate surface area is 92.4 Å². The molecule has 0 amide bonds. The van der Waals surface area contributed by atoms with Crippen LogP contribution in [0.5, 0.6) is 0 Å². The van der Waals surface area contributed by atoms with E-state index >= 15 is 0 Å². The van der Waals surface area contributed by atoms with Gasteiger partial charge in [0.2, 0.25) is 0 Å². The van der Waals surface area contributed by atoms with Crippen LogP contribution in [0.25, 0.3) is 0 Å². The fraction of sp³-hybridized carbons (Fsp3) is 1.00. The van der Waals surface area contributed by atoms with Gasteiger partial charge in [0, 0.05) is 26.2 Å². The molecule has 1 rings (SSSR count). The van der Waals surface area contributed by atoms with Crippen LogP contribution in [-0.4, -0.2) is 55.5 Å². The van der Waals surface area contributed by atoms with E-state index in [-0.39, 0.29) is 6.10 Å². The van der Waals surface area contributed by atoms with Gasteiger partial charge in [0.15, 0.2) is 0 Å². The zero-order chi connectivity index (χ0) is 11.1. The second kappa shape index (κ2) is 7.17. The van der Waals surface area contributed by atoms with E-state index in [1.165, 1.54) is 0 Å². The second-order valence-electron chi connectivity index (χ2n) is 4.31. The minimum absolute atomic E-state index is 0.0982. The van der Waals surface area contributed by atoms with Crippen LogP contribution in [0.3, 0.4) is 0 Å². The van der Waals surface area contributed by atoms with Gasteiger partial charge in [0.05, 0.1) is 12.7 Å². The summed E-state index contributed by atoms with van der Waals surface area (Å²) in [5.41, 5.74) is 5.53. The Balaban J connectivity index is 2.33. The number of hydrogen-bond donors (Lipinski definition) is 2. The first-order valence-corrected chi connectivity index (χ1v) is 5.89. The zero-order valence-corrected chi connectivity index (χ0v) is 9.69. The second-order valence-corrected chi connectivity index (χ2v) is 4.31. The van der Waals surface area contributed by atoms with E-state index in [0.717, 1.165) is 51.9 Å². The third-order valence-corrected chi connectivity index (χ3v) is 3.12. The summed E-state index contributed by atoms with van der Waals surface area (Å²) in [5.74, 6) is 0. The lowest BCUT2D eigenvalue weighted by Crippen LogP contribution is -2.45. The minimum Gasteiger partial charge on any atom is -0.393 e. The number of nitrogens with zero attached hydrogens (tertiary/aromatic N) is 1. The van der Waals surface area contributed by atoms with Gasteiger partial charge >= 0.3 is 0 Å². The van der Waals surface area contributed by atoms with Gasteiger partial charge in [-0.1, -0.05) is 0 Å². The fourth-order valence-corrected chi connectivity index (χ4v) is 2.17. The molecule has 1 saturated heterocycles. The SMILES string of the molecule is COCC(CCCN)N1CCC(O)CC1. The Hall–Kier alpha value is -0.160. The molecule has 1 heterocycles. The first-order valence-electron chi connectivity index (χ1n) is 5.89. The first kappa shape index (κ1) is 12.9. The van der Waals surface area contributed by atoms with Gasteiger partial charge in [0.1, 0.15) is 0 Å². The van der Waals surface area contributed by atoms with Crippen molar-refractivity contribution in [2.24, 2.45) is 5.73 Å². The molecule has 4 nitrogen and oxygen atoms in total. The fourth-order valence-electron chi connectivity index (χ4n) is 2.17. The van der Waals surface area contributed by atoms with Crippen molar-refractivity contribution in [3.05, 3.63) is 0 Å². The first-order chi connectivity index (χ1) is 7.27. The molecule has 3 N–H and O–H groups in total. The van der Waals surface area contributed by atoms with Crippen LogP contribution in [-0.2, 0) is 4.74 Å². The van der Waals surface area contributed by atoms with Crippen LogP contribution in [0, 0.1) is 0 Å². The number of aliphatic hydroxyl groups is 1. The standard InChI is InChI=1S/C11H24N2O2/c1-15-9-10(3-2-6-12)13-7-4-11(14)5-8-13/h10-11,14H,2-9,12H2,1H3. The summed E-state index contributed by atoms with van der Waals surface area (Å²) in [6.45, 7) is 3.49. The van der Waals surface area contributed by atoms with Crippen molar-refractivity contribution >= 4 is 0 Å². The molecule has 1 aliphatic rings. The molecule has 0 spiro atoms. The Morgan fingerprint density at radius 2 is 2.13 bits per heavy atom. The molecule has 1 aliphatic heterocycles. The van der Waals surface area contributed by atoms with Crippen molar-refractivity contribution in [2.75, 3.05) is 33.4 Å². The molecule has 15 heavy (non-hydrogen) atoms. The molecule has 0 aliphatic carbocycles. The van der Waals surface area contributed by atoms with E-state index in [2.05, 4.69) is 4.90 Å². The lowest BCUT2D eigenvalue weighted by Gasteiger charge is -2.36. The van der Waals surface area contributed by atoms with Crippen molar-refractivity contribution in [3.63, 3.8) is 0 Å². The molecule has 0 aromatic rings.